The molecule has 3 rings (SSSR count). The highest BCUT2D eigenvalue weighted by molar-refractivity contribution is 9.10. The molecule has 0 saturated carbocycles. The summed E-state index contributed by atoms with van der Waals surface area (Å²) in [7, 11) is 0. The van der Waals surface area contributed by atoms with Gasteiger partial charge in [-0.2, -0.15) is 15.5 Å². The van der Waals surface area contributed by atoms with Crippen LogP contribution in [-0.4, -0.2) is 33.0 Å². The summed E-state index contributed by atoms with van der Waals surface area (Å²) in [6.45, 7) is 0.358. The fourth-order valence-corrected chi connectivity index (χ4v) is 3.26. The third-order valence-electron chi connectivity index (χ3n) is 4.12. The molecule has 0 aliphatic rings. The topological polar surface area (TPSA) is 142 Å². The largest absolute Gasteiger partial charge is 0.431 e. The highest BCUT2D eigenvalue weighted by Crippen LogP contribution is 2.39. The molecular weight excluding hydrogens is 454 g/mol. The number of nitrogens with zero attached hydrogens (tertiary/aromatic N) is 7. The summed E-state index contributed by atoms with van der Waals surface area (Å²) >= 11 is 3.44. The molecule has 0 atom stereocenters. The number of ether oxygens (including phenoxy) is 1. The first kappa shape index (κ1) is 20.9. The Kier molecular flexibility index (Phi) is 6.67. The van der Waals surface area contributed by atoms with E-state index in [2.05, 4.69) is 30.9 Å². The van der Waals surface area contributed by atoms with E-state index in [0.29, 0.717) is 11.3 Å². The van der Waals surface area contributed by atoms with Gasteiger partial charge in [-0.25, -0.2) is 4.98 Å². The molecule has 0 spiro atoms. The second-order valence-electron chi connectivity index (χ2n) is 5.96. The maximum absolute atomic E-state index is 11.9. The lowest BCUT2D eigenvalue weighted by atomic mass is 10.2. The Bertz CT molecular complexity index is 1150. The summed E-state index contributed by atoms with van der Waals surface area (Å²) in [4.78, 5) is 25.0. The fraction of sp³-hybridized carbons (Fsp3) is 0.211. The van der Waals surface area contributed by atoms with Crippen LogP contribution in [0.4, 0.5) is 11.5 Å². The van der Waals surface area contributed by atoms with Crippen LogP contribution in [0.5, 0.6) is 11.6 Å². The molecule has 0 amide bonds. The van der Waals surface area contributed by atoms with Gasteiger partial charge in [0.25, 0.3) is 0 Å². The number of halogens is 1. The van der Waals surface area contributed by atoms with Crippen molar-refractivity contribution in [3.63, 3.8) is 0 Å². The lowest BCUT2D eigenvalue weighted by Gasteiger charge is -2.21. The second-order valence-corrected chi connectivity index (χ2v) is 6.81. The van der Waals surface area contributed by atoms with Crippen molar-refractivity contribution >= 4 is 38.3 Å². The Balaban J connectivity index is 2.08. The van der Waals surface area contributed by atoms with E-state index < -0.39 is 10.6 Å². The average molecular weight is 468 g/mol. The van der Waals surface area contributed by atoms with Crippen LogP contribution in [0.3, 0.4) is 0 Å². The Labute approximate surface area is 179 Å². The Hall–Kier alpha value is -3.83. The number of nitro groups is 1. The summed E-state index contributed by atoms with van der Waals surface area (Å²) in [5.74, 6) is 0.0326. The van der Waals surface area contributed by atoms with Crippen molar-refractivity contribution in [3.05, 3.63) is 51.4 Å². The molecular formula is C19H14BrN7O3. The third-order valence-corrected chi connectivity index (χ3v) is 4.82. The molecule has 1 aromatic carbocycles. The summed E-state index contributed by atoms with van der Waals surface area (Å²) in [5, 5.41) is 30.4. The number of pyridine rings is 1. The molecule has 0 aliphatic heterocycles. The van der Waals surface area contributed by atoms with Crippen molar-refractivity contribution in [2.45, 2.75) is 12.8 Å². The van der Waals surface area contributed by atoms with Gasteiger partial charge < -0.3 is 9.64 Å². The Morgan fingerprint density at radius 3 is 2.53 bits per heavy atom. The number of anilines is 1. The van der Waals surface area contributed by atoms with Crippen LogP contribution in [0.2, 0.25) is 0 Å². The first-order valence-corrected chi connectivity index (χ1v) is 9.55. The highest BCUT2D eigenvalue weighted by atomic mass is 79.9. The molecule has 2 heterocycles. The summed E-state index contributed by atoms with van der Waals surface area (Å²) in [6, 6.07) is 11.0. The van der Waals surface area contributed by atoms with Crippen LogP contribution in [0.1, 0.15) is 12.8 Å². The molecule has 0 radical (unpaired) electrons. The predicted molar refractivity (Wildman–Crippen MR) is 111 cm³/mol. The van der Waals surface area contributed by atoms with Crippen molar-refractivity contribution in [1.82, 2.24) is 15.0 Å². The SMILES string of the molecule is N#CCCN(CCC#N)c1ncnc(Oc2ccc(Br)c3cccnc23)c1[N+](=O)[O-]. The van der Waals surface area contributed by atoms with Gasteiger partial charge in [-0.15, -0.1) is 0 Å². The van der Waals surface area contributed by atoms with Crippen molar-refractivity contribution in [2.24, 2.45) is 0 Å². The van der Waals surface area contributed by atoms with E-state index in [9.17, 15) is 10.1 Å². The minimum absolute atomic E-state index is 0.00937. The quantitative estimate of drug-likeness (QED) is 0.352. The van der Waals surface area contributed by atoms with Gasteiger partial charge in [-0.05, 0) is 18.2 Å². The number of hydrogen-bond acceptors (Lipinski definition) is 9. The first-order valence-electron chi connectivity index (χ1n) is 8.76. The number of benzene rings is 1. The van der Waals surface area contributed by atoms with Gasteiger partial charge in [0.15, 0.2) is 5.75 Å². The molecule has 10 nitrogen and oxygen atoms in total. The van der Waals surface area contributed by atoms with E-state index in [4.69, 9.17) is 15.3 Å². The Morgan fingerprint density at radius 1 is 1.13 bits per heavy atom. The van der Waals surface area contributed by atoms with Gasteiger partial charge >= 0.3 is 11.6 Å². The van der Waals surface area contributed by atoms with Crippen LogP contribution in [0.15, 0.2) is 41.3 Å². The average Bonchev–Trinajstić information content (AvgIpc) is 2.76. The molecule has 30 heavy (non-hydrogen) atoms. The molecule has 11 heteroatoms. The van der Waals surface area contributed by atoms with E-state index in [1.54, 1.807) is 24.4 Å². The fourth-order valence-electron chi connectivity index (χ4n) is 2.81. The smallest absolute Gasteiger partial charge is 0.373 e. The zero-order valence-corrected chi connectivity index (χ0v) is 17.1. The van der Waals surface area contributed by atoms with Crippen LogP contribution >= 0.6 is 15.9 Å². The molecule has 3 aromatic rings. The summed E-state index contributed by atoms with van der Waals surface area (Å²) < 4.78 is 6.61. The van der Waals surface area contributed by atoms with Gasteiger partial charge in [-0.3, -0.25) is 15.1 Å². The number of nitriles is 2. The number of fused-ring (bicyclic) bond motifs is 1. The van der Waals surface area contributed by atoms with Crippen molar-refractivity contribution in [3.8, 4) is 23.8 Å². The zero-order chi connectivity index (χ0) is 21.5. The van der Waals surface area contributed by atoms with Crippen molar-refractivity contribution in [2.75, 3.05) is 18.0 Å². The summed E-state index contributed by atoms with van der Waals surface area (Å²) in [5.41, 5.74) is 0.0625. The van der Waals surface area contributed by atoms with E-state index in [1.165, 1.54) is 4.90 Å². The third kappa shape index (κ3) is 4.42. The standard InChI is InChI=1S/C19H14BrN7O3/c20-14-5-6-15(16-13(14)4-1-9-23-16)30-19-17(27(28)29)18(24-12-25-19)26(10-2-7-21)11-3-8-22/h1,4-6,9,12H,2-3,10-11H2. The summed E-state index contributed by atoms with van der Waals surface area (Å²) in [6.07, 6.45) is 2.97. The molecule has 0 unspecified atom stereocenters. The number of hydrogen-bond donors (Lipinski definition) is 0. The maximum Gasteiger partial charge on any atom is 0.373 e. The highest BCUT2D eigenvalue weighted by Gasteiger charge is 2.29. The van der Waals surface area contributed by atoms with Gasteiger partial charge in [0.05, 0.1) is 29.9 Å². The van der Waals surface area contributed by atoms with Crippen LogP contribution in [-0.2, 0) is 0 Å². The Morgan fingerprint density at radius 2 is 1.87 bits per heavy atom. The van der Waals surface area contributed by atoms with E-state index >= 15 is 0 Å². The molecule has 150 valence electrons. The first-order chi connectivity index (χ1) is 14.6. The zero-order valence-electron chi connectivity index (χ0n) is 15.5. The van der Waals surface area contributed by atoms with Gasteiger partial charge in [-0.1, -0.05) is 22.0 Å². The van der Waals surface area contributed by atoms with Crippen LogP contribution in [0.25, 0.3) is 10.9 Å². The van der Waals surface area contributed by atoms with Gasteiger partial charge in [0.2, 0.25) is 5.82 Å². The lowest BCUT2D eigenvalue weighted by molar-refractivity contribution is -0.385. The number of rotatable bonds is 8. The van der Waals surface area contributed by atoms with Crippen LogP contribution < -0.4 is 9.64 Å². The molecule has 0 fully saturated rings. The lowest BCUT2D eigenvalue weighted by Crippen LogP contribution is -2.27. The van der Waals surface area contributed by atoms with E-state index in [0.717, 1.165) is 16.2 Å². The van der Waals surface area contributed by atoms with Gasteiger partial charge in [0.1, 0.15) is 11.8 Å². The van der Waals surface area contributed by atoms with Crippen molar-refractivity contribution in [1.29, 1.82) is 10.5 Å². The minimum Gasteiger partial charge on any atom is -0.431 e. The molecule has 2 aromatic heterocycles. The maximum atomic E-state index is 11.9. The second kappa shape index (κ2) is 9.58. The van der Waals surface area contributed by atoms with Crippen LogP contribution in [0, 0.1) is 32.8 Å². The normalized spacial score (nSPS) is 10.2. The molecule has 0 saturated heterocycles. The van der Waals surface area contributed by atoms with Crippen molar-refractivity contribution < 1.29 is 9.66 Å². The molecule has 0 bridgehead atoms. The molecule has 0 N–H and O–H groups in total. The molecule has 0 aliphatic carbocycles. The van der Waals surface area contributed by atoms with Gasteiger partial charge in [0, 0.05) is 29.1 Å². The van der Waals surface area contributed by atoms with E-state index in [-0.39, 0.29) is 37.6 Å². The monoisotopic (exact) mass is 467 g/mol. The van der Waals surface area contributed by atoms with E-state index in [1.807, 2.05) is 18.2 Å². The minimum atomic E-state index is -0.634. The number of aromatic nitrogens is 3. The predicted octanol–water partition coefficient (Wildman–Crippen LogP) is 4.12.